The van der Waals surface area contributed by atoms with Crippen molar-refractivity contribution in [3.63, 3.8) is 0 Å². The summed E-state index contributed by atoms with van der Waals surface area (Å²) in [5, 5.41) is 9.95. The molecule has 4 aromatic rings. The first-order valence-electron chi connectivity index (χ1n) is 9.62. The summed E-state index contributed by atoms with van der Waals surface area (Å²) >= 11 is 0. The van der Waals surface area contributed by atoms with E-state index in [0.717, 1.165) is 28.7 Å². The molecule has 3 aromatic carbocycles. The van der Waals surface area contributed by atoms with Crippen LogP contribution in [0.5, 0.6) is 5.75 Å². The fraction of sp³-hybridized carbons (Fsp3) is 0.160. The summed E-state index contributed by atoms with van der Waals surface area (Å²) in [6, 6.07) is 24.6. The van der Waals surface area contributed by atoms with Crippen LogP contribution >= 0.6 is 0 Å². The van der Waals surface area contributed by atoms with E-state index in [2.05, 4.69) is 73.0 Å². The lowest BCUT2D eigenvalue weighted by Crippen LogP contribution is -2.09. The van der Waals surface area contributed by atoms with Gasteiger partial charge in [-0.25, -0.2) is 4.79 Å². The lowest BCUT2D eigenvalue weighted by atomic mass is 9.99. The molecule has 0 aliphatic heterocycles. The van der Waals surface area contributed by atoms with Gasteiger partial charge in [-0.3, -0.25) is 0 Å². The Morgan fingerprint density at radius 2 is 1.66 bits per heavy atom. The van der Waals surface area contributed by atoms with Crippen molar-refractivity contribution in [1.82, 2.24) is 4.57 Å². The number of hydrogen-bond acceptors (Lipinski definition) is 2. The number of hydrogen-bond donors (Lipinski definition) is 1. The molecular weight excluding hydrogens is 362 g/mol. The van der Waals surface area contributed by atoms with Crippen LogP contribution in [0.15, 0.2) is 72.8 Å². The molecule has 0 saturated heterocycles. The van der Waals surface area contributed by atoms with E-state index in [0.29, 0.717) is 5.75 Å². The predicted octanol–water partition coefficient (Wildman–Crippen LogP) is 5.44. The first kappa shape index (κ1) is 18.8. The van der Waals surface area contributed by atoms with Crippen molar-refractivity contribution in [1.29, 1.82) is 0 Å². The summed E-state index contributed by atoms with van der Waals surface area (Å²) in [6.07, 6.45) is 0. The first-order chi connectivity index (χ1) is 14.1. The molecule has 0 aliphatic carbocycles. The van der Waals surface area contributed by atoms with Gasteiger partial charge < -0.3 is 14.4 Å². The average molecular weight is 385 g/mol. The summed E-state index contributed by atoms with van der Waals surface area (Å²) < 4.78 is 7.84. The lowest BCUT2D eigenvalue weighted by Gasteiger charge is -2.14. The number of carboxylic acids is 1. The minimum absolute atomic E-state index is 0.348. The Bertz CT molecular complexity index is 1180. The highest BCUT2D eigenvalue weighted by molar-refractivity contribution is 5.91. The first-order valence-corrected chi connectivity index (χ1v) is 9.62. The maximum atomic E-state index is 10.9. The third kappa shape index (κ3) is 3.61. The van der Waals surface area contributed by atoms with Gasteiger partial charge in [0.15, 0.2) is 6.61 Å². The maximum absolute atomic E-state index is 10.9. The normalized spacial score (nSPS) is 11.0. The number of benzene rings is 3. The summed E-state index contributed by atoms with van der Waals surface area (Å²) in [4.78, 5) is 10.9. The smallest absolute Gasteiger partial charge is 0.341 e. The third-order valence-electron chi connectivity index (χ3n) is 5.40. The summed E-state index contributed by atoms with van der Waals surface area (Å²) in [6.45, 7) is 4.54. The second kappa shape index (κ2) is 7.84. The molecule has 4 heteroatoms. The molecule has 146 valence electrons. The van der Waals surface area contributed by atoms with Crippen molar-refractivity contribution < 1.29 is 14.6 Å². The molecular formula is C25H23NO3. The summed E-state index contributed by atoms with van der Waals surface area (Å²) in [7, 11) is 0. The number of nitrogens with zero attached hydrogens (tertiary/aromatic N) is 1. The van der Waals surface area contributed by atoms with Gasteiger partial charge in [-0.1, -0.05) is 60.7 Å². The van der Waals surface area contributed by atoms with Gasteiger partial charge in [-0.2, -0.15) is 0 Å². The molecule has 0 aliphatic rings. The lowest BCUT2D eigenvalue weighted by molar-refractivity contribution is -0.139. The summed E-state index contributed by atoms with van der Waals surface area (Å²) in [5.74, 6) is -0.367. The Balaban J connectivity index is 1.80. The zero-order valence-electron chi connectivity index (χ0n) is 16.6. The van der Waals surface area contributed by atoms with Crippen molar-refractivity contribution in [2.45, 2.75) is 20.4 Å². The highest BCUT2D eigenvalue weighted by Crippen LogP contribution is 2.34. The Labute approximate surface area is 170 Å². The minimum Gasteiger partial charge on any atom is -0.481 e. The van der Waals surface area contributed by atoms with E-state index in [4.69, 9.17) is 9.84 Å². The van der Waals surface area contributed by atoms with E-state index in [-0.39, 0.29) is 6.61 Å². The van der Waals surface area contributed by atoms with E-state index < -0.39 is 5.97 Å². The van der Waals surface area contributed by atoms with Crippen molar-refractivity contribution in [3.8, 4) is 16.9 Å². The number of rotatable bonds is 6. The van der Waals surface area contributed by atoms with Crippen molar-refractivity contribution >= 4 is 16.9 Å². The number of aliphatic carboxylic acids is 1. The van der Waals surface area contributed by atoms with Crippen LogP contribution in [0.1, 0.15) is 16.8 Å². The zero-order chi connectivity index (χ0) is 20.4. The fourth-order valence-corrected chi connectivity index (χ4v) is 3.88. The summed E-state index contributed by atoms with van der Waals surface area (Å²) in [5.41, 5.74) is 6.94. The molecule has 0 unspecified atom stereocenters. The molecule has 1 heterocycles. The number of ether oxygens (including phenoxy) is 1. The highest BCUT2D eigenvalue weighted by Gasteiger charge is 2.17. The molecule has 0 fully saturated rings. The van der Waals surface area contributed by atoms with Gasteiger partial charge in [0.1, 0.15) is 5.75 Å². The van der Waals surface area contributed by atoms with E-state index in [1.165, 1.54) is 16.7 Å². The Morgan fingerprint density at radius 3 is 2.41 bits per heavy atom. The molecule has 1 N–H and O–H groups in total. The number of carbonyl (C=O) groups is 1. The number of aromatic nitrogens is 1. The SMILES string of the molecule is Cc1c(C)n(Cc2ccccc2-c2ccccc2)c2cccc(OCC(=O)O)c12. The van der Waals surface area contributed by atoms with Gasteiger partial charge >= 0.3 is 5.97 Å². The van der Waals surface area contributed by atoms with Crippen LogP contribution in [0.25, 0.3) is 22.0 Å². The average Bonchev–Trinajstić information content (AvgIpc) is 2.98. The largest absolute Gasteiger partial charge is 0.481 e. The standard InChI is InChI=1S/C25H23NO3/c1-17-18(2)26(22-13-8-14-23(25(17)22)29-16-24(27)28)15-20-11-6-7-12-21(20)19-9-4-3-5-10-19/h3-14H,15-16H2,1-2H3,(H,27,28). The van der Waals surface area contributed by atoms with E-state index >= 15 is 0 Å². The van der Waals surface area contributed by atoms with Crippen LogP contribution in [0.4, 0.5) is 0 Å². The topological polar surface area (TPSA) is 51.5 Å². The Kier molecular flexibility index (Phi) is 5.09. The van der Waals surface area contributed by atoms with Crippen LogP contribution in [0.2, 0.25) is 0 Å². The third-order valence-corrected chi connectivity index (χ3v) is 5.40. The quantitative estimate of drug-likeness (QED) is 0.481. The number of aryl methyl sites for hydroxylation is 1. The van der Waals surface area contributed by atoms with Gasteiger partial charge in [0.25, 0.3) is 0 Å². The second-order valence-electron chi connectivity index (χ2n) is 7.15. The fourth-order valence-electron chi connectivity index (χ4n) is 3.88. The predicted molar refractivity (Wildman–Crippen MR) is 116 cm³/mol. The monoisotopic (exact) mass is 385 g/mol. The molecule has 4 nitrogen and oxygen atoms in total. The van der Waals surface area contributed by atoms with Gasteiger partial charge in [0.05, 0.1) is 5.52 Å². The van der Waals surface area contributed by atoms with Crippen molar-refractivity contribution in [2.24, 2.45) is 0 Å². The van der Waals surface area contributed by atoms with Gasteiger partial charge in [0, 0.05) is 17.6 Å². The van der Waals surface area contributed by atoms with E-state index in [1.54, 1.807) is 0 Å². The Morgan fingerprint density at radius 1 is 0.931 bits per heavy atom. The molecule has 1 aromatic heterocycles. The van der Waals surface area contributed by atoms with E-state index in [1.807, 2.05) is 18.2 Å². The molecule has 0 amide bonds. The van der Waals surface area contributed by atoms with E-state index in [9.17, 15) is 4.79 Å². The number of fused-ring (bicyclic) bond motifs is 1. The van der Waals surface area contributed by atoms with Crippen LogP contribution in [-0.4, -0.2) is 22.2 Å². The maximum Gasteiger partial charge on any atom is 0.341 e. The zero-order valence-corrected chi connectivity index (χ0v) is 16.6. The molecule has 0 saturated carbocycles. The second-order valence-corrected chi connectivity index (χ2v) is 7.15. The van der Waals surface area contributed by atoms with Gasteiger partial charge in [0.2, 0.25) is 0 Å². The molecule has 29 heavy (non-hydrogen) atoms. The van der Waals surface area contributed by atoms with Gasteiger partial charge in [-0.05, 0) is 48.2 Å². The number of carboxylic acid groups (broad SMARTS) is 1. The van der Waals surface area contributed by atoms with Crippen LogP contribution in [0, 0.1) is 13.8 Å². The molecule has 0 bridgehead atoms. The molecule has 0 spiro atoms. The molecule has 4 rings (SSSR count). The Hall–Kier alpha value is -3.53. The molecule has 0 atom stereocenters. The molecule has 0 radical (unpaired) electrons. The van der Waals surface area contributed by atoms with Gasteiger partial charge in [-0.15, -0.1) is 0 Å². The minimum atomic E-state index is -0.979. The van der Waals surface area contributed by atoms with Crippen LogP contribution in [0.3, 0.4) is 0 Å². The van der Waals surface area contributed by atoms with Crippen LogP contribution in [-0.2, 0) is 11.3 Å². The van der Waals surface area contributed by atoms with Crippen LogP contribution < -0.4 is 4.74 Å². The highest BCUT2D eigenvalue weighted by atomic mass is 16.5. The van der Waals surface area contributed by atoms with Crippen molar-refractivity contribution in [2.75, 3.05) is 6.61 Å². The van der Waals surface area contributed by atoms with Crippen molar-refractivity contribution in [3.05, 3.63) is 89.6 Å².